The van der Waals surface area contributed by atoms with Gasteiger partial charge >= 0.3 is 12.1 Å². The Labute approximate surface area is 132 Å². The predicted molar refractivity (Wildman–Crippen MR) is 80.8 cm³/mol. The van der Waals surface area contributed by atoms with Crippen LogP contribution in [0.15, 0.2) is 36.5 Å². The van der Waals surface area contributed by atoms with E-state index in [0.29, 0.717) is 12.8 Å². The van der Waals surface area contributed by atoms with Gasteiger partial charge in [0.1, 0.15) is 0 Å². The van der Waals surface area contributed by atoms with E-state index in [1.54, 1.807) is 6.20 Å². The zero-order valence-corrected chi connectivity index (χ0v) is 12.7. The average molecular weight is 325 g/mol. The maximum atomic E-state index is 12.6. The third-order valence-electron chi connectivity index (χ3n) is 3.64. The van der Waals surface area contributed by atoms with Gasteiger partial charge in [0.25, 0.3) is 0 Å². The van der Waals surface area contributed by atoms with Crippen molar-refractivity contribution in [2.75, 3.05) is 7.11 Å². The highest BCUT2D eigenvalue weighted by molar-refractivity contribution is 5.69. The molecule has 1 aromatic heterocycles. The smallest absolute Gasteiger partial charge is 0.416 e. The minimum Gasteiger partial charge on any atom is -0.469 e. The largest absolute Gasteiger partial charge is 0.469 e. The van der Waals surface area contributed by atoms with Crippen LogP contribution in [-0.2, 0) is 22.1 Å². The van der Waals surface area contributed by atoms with Crippen molar-refractivity contribution in [3.05, 3.63) is 47.8 Å². The summed E-state index contributed by atoms with van der Waals surface area (Å²) in [5.41, 5.74) is 1.92. The van der Waals surface area contributed by atoms with E-state index in [4.69, 9.17) is 0 Å². The molecule has 23 heavy (non-hydrogen) atoms. The van der Waals surface area contributed by atoms with Gasteiger partial charge in [-0.25, -0.2) is 0 Å². The number of esters is 1. The summed E-state index contributed by atoms with van der Waals surface area (Å²) in [5.74, 6) is -0.237. The van der Waals surface area contributed by atoms with Crippen LogP contribution in [0.3, 0.4) is 0 Å². The van der Waals surface area contributed by atoms with Crippen molar-refractivity contribution >= 4 is 5.97 Å². The standard InChI is InChI=1S/C17H18F3NO2/c1-23-16(22)5-3-2-4-15-14(10-11-21-15)12-6-8-13(9-7-12)17(18,19)20/h6-11,21H,2-5H2,1H3. The number of nitrogens with one attached hydrogen (secondary N) is 1. The number of methoxy groups -OCH3 is 1. The van der Waals surface area contributed by atoms with Gasteiger partial charge in [-0.15, -0.1) is 0 Å². The number of halogens is 3. The molecule has 1 heterocycles. The number of aromatic amines is 1. The SMILES string of the molecule is COC(=O)CCCCc1[nH]ccc1-c1ccc(C(F)(F)F)cc1. The molecule has 0 aliphatic carbocycles. The van der Waals surface area contributed by atoms with Gasteiger partial charge in [0, 0.05) is 23.9 Å². The number of hydrogen-bond acceptors (Lipinski definition) is 2. The van der Waals surface area contributed by atoms with Gasteiger partial charge in [-0.2, -0.15) is 13.2 Å². The highest BCUT2D eigenvalue weighted by Gasteiger charge is 2.30. The van der Waals surface area contributed by atoms with E-state index in [1.165, 1.54) is 19.2 Å². The molecule has 1 N–H and O–H groups in total. The summed E-state index contributed by atoms with van der Waals surface area (Å²) < 4.78 is 42.4. The van der Waals surface area contributed by atoms with Crippen molar-refractivity contribution in [2.45, 2.75) is 31.9 Å². The quantitative estimate of drug-likeness (QED) is 0.623. The van der Waals surface area contributed by atoms with Crippen LogP contribution in [-0.4, -0.2) is 18.1 Å². The monoisotopic (exact) mass is 325 g/mol. The van der Waals surface area contributed by atoms with Gasteiger partial charge in [0.15, 0.2) is 0 Å². The van der Waals surface area contributed by atoms with Gasteiger partial charge in [0.05, 0.1) is 12.7 Å². The Balaban J connectivity index is 2.01. The fraction of sp³-hybridized carbons (Fsp3) is 0.353. The molecular formula is C17H18F3NO2. The summed E-state index contributed by atoms with van der Waals surface area (Å²) in [4.78, 5) is 14.2. The number of carbonyl (C=O) groups excluding carboxylic acids is 1. The fourth-order valence-electron chi connectivity index (χ4n) is 2.39. The van der Waals surface area contributed by atoms with Crippen LogP contribution in [0.25, 0.3) is 11.1 Å². The minimum atomic E-state index is -4.33. The van der Waals surface area contributed by atoms with Crippen LogP contribution in [0, 0.1) is 0 Å². The second-order valence-corrected chi connectivity index (χ2v) is 5.23. The first-order valence-electron chi connectivity index (χ1n) is 7.32. The number of ether oxygens (including phenoxy) is 1. The van der Waals surface area contributed by atoms with Gasteiger partial charge in [-0.05, 0) is 43.0 Å². The Morgan fingerprint density at radius 1 is 1.13 bits per heavy atom. The molecule has 6 heteroatoms. The summed E-state index contributed by atoms with van der Waals surface area (Å²) in [5, 5.41) is 0. The van der Waals surface area contributed by atoms with Gasteiger partial charge < -0.3 is 9.72 Å². The van der Waals surface area contributed by atoms with Gasteiger partial charge in [-0.3, -0.25) is 4.79 Å². The summed E-state index contributed by atoms with van der Waals surface area (Å²) in [6.45, 7) is 0. The molecule has 0 fully saturated rings. The molecular weight excluding hydrogens is 307 g/mol. The van der Waals surface area contributed by atoms with E-state index in [0.717, 1.165) is 41.8 Å². The van der Waals surface area contributed by atoms with Crippen LogP contribution in [0.5, 0.6) is 0 Å². The molecule has 0 saturated carbocycles. The van der Waals surface area contributed by atoms with Crippen molar-refractivity contribution < 1.29 is 22.7 Å². The third-order valence-corrected chi connectivity index (χ3v) is 3.64. The number of H-pyrrole nitrogens is 1. The van der Waals surface area contributed by atoms with Crippen LogP contribution in [0.1, 0.15) is 30.5 Å². The van der Waals surface area contributed by atoms with Gasteiger partial charge in [0.2, 0.25) is 0 Å². The van der Waals surface area contributed by atoms with E-state index in [1.807, 2.05) is 6.07 Å². The average Bonchev–Trinajstić information content (AvgIpc) is 2.99. The molecule has 0 aliphatic rings. The highest BCUT2D eigenvalue weighted by Crippen LogP contribution is 2.32. The Hall–Kier alpha value is -2.24. The fourth-order valence-corrected chi connectivity index (χ4v) is 2.39. The normalized spacial score (nSPS) is 11.5. The Bertz CT molecular complexity index is 645. The Kier molecular flexibility index (Phi) is 5.47. The molecule has 0 amide bonds. The summed E-state index contributed by atoms with van der Waals surface area (Å²) in [7, 11) is 1.36. The Morgan fingerprint density at radius 2 is 1.83 bits per heavy atom. The number of unbranched alkanes of at least 4 members (excludes halogenated alkanes) is 1. The van der Waals surface area contributed by atoms with Crippen molar-refractivity contribution in [2.24, 2.45) is 0 Å². The number of alkyl halides is 3. The van der Waals surface area contributed by atoms with E-state index < -0.39 is 11.7 Å². The molecule has 0 saturated heterocycles. The third kappa shape index (κ3) is 4.61. The molecule has 0 atom stereocenters. The summed E-state index contributed by atoms with van der Waals surface area (Å²) in [6.07, 6.45) is 0.0323. The zero-order chi connectivity index (χ0) is 16.9. The van der Waals surface area contributed by atoms with Gasteiger partial charge in [-0.1, -0.05) is 12.1 Å². The maximum absolute atomic E-state index is 12.6. The number of carbonyl (C=O) groups is 1. The predicted octanol–water partition coefficient (Wildman–Crippen LogP) is 4.59. The lowest BCUT2D eigenvalue weighted by molar-refractivity contribution is -0.140. The lowest BCUT2D eigenvalue weighted by Gasteiger charge is -2.08. The van der Waals surface area contributed by atoms with Crippen molar-refractivity contribution in [3.63, 3.8) is 0 Å². The lowest BCUT2D eigenvalue weighted by atomic mass is 10.0. The molecule has 0 spiro atoms. The summed E-state index contributed by atoms with van der Waals surface area (Å²) in [6, 6.07) is 6.97. The van der Waals surface area contributed by atoms with Crippen molar-refractivity contribution in [3.8, 4) is 11.1 Å². The van der Waals surface area contributed by atoms with E-state index in [9.17, 15) is 18.0 Å². The molecule has 2 rings (SSSR count). The van der Waals surface area contributed by atoms with Crippen LogP contribution in [0.4, 0.5) is 13.2 Å². The van der Waals surface area contributed by atoms with Crippen LogP contribution >= 0.6 is 0 Å². The topological polar surface area (TPSA) is 42.1 Å². The van der Waals surface area contributed by atoms with E-state index in [2.05, 4.69) is 9.72 Å². The van der Waals surface area contributed by atoms with E-state index >= 15 is 0 Å². The number of aromatic nitrogens is 1. The highest BCUT2D eigenvalue weighted by atomic mass is 19.4. The molecule has 124 valence electrons. The van der Waals surface area contributed by atoms with E-state index in [-0.39, 0.29) is 5.97 Å². The second kappa shape index (κ2) is 7.35. The first-order valence-corrected chi connectivity index (χ1v) is 7.32. The number of hydrogen-bond donors (Lipinski definition) is 1. The second-order valence-electron chi connectivity index (χ2n) is 5.23. The molecule has 1 aromatic carbocycles. The van der Waals surface area contributed by atoms with Crippen molar-refractivity contribution in [1.29, 1.82) is 0 Å². The molecule has 3 nitrogen and oxygen atoms in total. The van der Waals surface area contributed by atoms with Crippen LogP contribution < -0.4 is 0 Å². The summed E-state index contributed by atoms with van der Waals surface area (Å²) >= 11 is 0. The zero-order valence-electron chi connectivity index (χ0n) is 12.7. The Morgan fingerprint density at radius 3 is 2.43 bits per heavy atom. The molecule has 0 radical (unpaired) electrons. The number of benzene rings is 1. The minimum absolute atomic E-state index is 0.237. The first kappa shape index (κ1) is 17.1. The maximum Gasteiger partial charge on any atom is 0.416 e. The van der Waals surface area contributed by atoms with Crippen molar-refractivity contribution in [1.82, 2.24) is 4.98 Å². The number of aryl methyl sites for hydroxylation is 1. The molecule has 0 unspecified atom stereocenters. The number of rotatable bonds is 6. The molecule has 0 bridgehead atoms. The lowest BCUT2D eigenvalue weighted by Crippen LogP contribution is -2.04. The van der Waals surface area contributed by atoms with Crippen LogP contribution in [0.2, 0.25) is 0 Å². The molecule has 2 aromatic rings. The molecule has 0 aliphatic heterocycles. The first-order chi connectivity index (χ1) is 10.9.